The standard InChI is InChI=1S/C19H17N5OS/c1-13-6-5-11-24-12-15(20-17(13)24)18(25)21-19-23-22-16(26-19)10-9-14-7-3-2-4-8-14/h2-8,11-12H,9-10H2,1H3,(H,21,23,25). The van der Waals surface area contributed by atoms with Gasteiger partial charge in [-0.1, -0.05) is 47.7 Å². The van der Waals surface area contributed by atoms with E-state index >= 15 is 0 Å². The van der Waals surface area contributed by atoms with E-state index < -0.39 is 0 Å². The maximum absolute atomic E-state index is 12.4. The van der Waals surface area contributed by atoms with Gasteiger partial charge in [-0.05, 0) is 30.5 Å². The summed E-state index contributed by atoms with van der Waals surface area (Å²) >= 11 is 1.40. The van der Waals surface area contributed by atoms with Crippen molar-refractivity contribution in [1.29, 1.82) is 0 Å². The molecule has 0 spiro atoms. The summed E-state index contributed by atoms with van der Waals surface area (Å²) < 4.78 is 1.84. The van der Waals surface area contributed by atoms with Crippen LogP contribution in [0.5, 0.6) is 0 Å². The fourth-order valence-corrected chi connectivity index (χ4v) is 3.46. The van der Waals surface area contributed by atoms with Crippen LogP contribution in [0.15, 0.2) is 54.9 Å². The van der Waals surface area contributed by atoms with Crippen molar-refractivity contribution < 1.29 is 4.79 Å². The lowest BCUT2D eigenvalue weighted by Gasteiger charge is -1.97. The van der Waals surface area contributed by atoms with Crippen molar-refractivity contribution in [2.24, 2.45) is 0 Å². The number of carbonyl (C=O) groups is 1. The number of anilines is 1. The van der Waals surface area contributed by atoms with Gasteiger partial charge in [0.2, 0.25) is 5.13 Å². The monoisotopic (exact) mass is 363 g/mol. The molecule has 0 fully saturated rings. The first-order valence-corrected chi connectivity index (χ1v) is 9.13. The number of benzene rings is 1. The molecule has 6 nitrogen and oxygen atoms in total. The number of carbonyl (C=O) groups excluding carboxylic acids is 1. The minimum absolute atomic E-state index is 0.279. The number of fused-ring (bicyclic) bond motifs is 1. The van der Waals surface area contributed by atoms with Crippen LogP contribution in [0.3, 0.4) is 0 Å². The van der Waals surface area contributed by atoms with Gasteiger partial charge in [0.25, 0.3) is 5.91 Å². The molecule has 4 rings (SSSR count). The Labute approximate surface area is 154 Å². The fourth-order valence-electron chi connectivity index (χ4n) is 2.73. The first-order chi connectivity index (χ1) is 12.7. The third kappa shape index (κ3) is 3.48. The van der Waals surface area contributed by atoms with Crippen LogP contribution in [0, 0.1) is 6.92 Å². The van der Waals surface area contributed by atoms with Crippen LogP contribution in [0.2, 0.25) is 0 Å². The predicted molar refractivity (Wildman–Crippen MR) is 102 cm³/mol. The summed E-state index contributed by atoms with van der Waals surface area (Å²) in [6.45, 7) is 1.97. The molecule has 0 saturated carbocycles. The van der Waals surface area contributed by atoms with Gasteiger partial charge in [-0.2, -0.15) is 0 Å². The Morgan fingerprint density at radius 2 is 1.96 bits per heavy atom. The number of rotatable bonds is 5. The number of pyridine rings is 1. The molecule has 0 aliphatic rings. The average Bonchev–Trinajstić information content (AvgIpc) is 3.28. The normalized spacial score (nSPS) is 11.0. The Balaban J connectivity index is 1.43. The number of amides is 1. The molecule has 0 atom stereocenters. The second-order valence-corrected chi connectivity index (χ2v) is 7.05. The maximum Gasteiger partial charge on any atom is 0.277 e. The number of nitrogens with one attached hydrogen (secondary N) is 1. The van der Waals surface area contributed by atoms with E-state index in [1.54, 1.807) is 6.20 Å². The van der Waals surface area contributed by atoms with Crippen molar-refractivity contribution in [3.63, 3.8) is 0 Å². The smallest absolute Gasteiger partial charge is 0.277 e. The quantitative estimate of drug-likeness (QED) is 0.589. The largest absolute Gasteiger partial charge is 0.306 e. The van der Waals surface area contributed by atoms with Crippen molar-refractivity contribution in [2.45, 2.75) is 19.8 Å². The molecule has 1 N–H and O–H groups in total. The zero-order chi connectivity index (χ0) is 17.9. The lowest BCUT2D eigenvalue weighted by atomic mass is 10.1. The molecule has 4 aromatic rings. The molecule has 0 bridgehead atoms. The first-order valence-electron chi connectivity index (χ1n) is 8.31. The summed E-state index contributed by atoms with van der Waals surface area (Å²) in [5.74, 6) is -0.279. The molecular formula is C19H17N5OS. The molecule has 0 unspecified atom stereocenters. The molecule has 0 saturated heterocycles. The Hall–Kier alpha value is -3.06. The van der Waals surface area contributed by atoms with Crippen LogP contribution >= 0.6 is 11.3 Å². The number of hydrogen-bond acceptors (Lipinski definition) is 5. The number of aryl methyl sites for hydroxylation is 3. The van der Waals surface area contributed by atoms with Crippen molar-refractivity contribution in [2.75, 3.05) is 5.32 Å². The maximum atomic E-state index is 12.4. The summed E-state index contributed by atoms with van der Waals surface area (Å²) in [4.78, 5) is 16.8. The van der Waals surface area contributed by atoms with Gasteiger partial charge in [0.05, 0.1) is 0 Å². The molecule has 130 valence electrons. The first kappa shape index (κ1) is 16.4. The second-order valence-electron chi connectivity index (χ2n) is 5.99. The fraction of sp³-hybridized carbons (Fsp3) is 0.158. The Morgan fingerprint density at radius 1 is 1.12 bits per heavy atom. The highest BCUT2D eigenvalue weighted by molar-refractivity contribution is 7.15. The van der Waals surface area contributed by atoms with Gasteiger partial charge in [0.1, 0.15) is 16.3 Å². The van der Waals surface area contributed by atoms with Gasteiger partial charge < -0.3 is 4.40 Å². The summed E-state index contributed by atoms with van der Waals surface area (Å²) in [6.07, 6.45) is 5.29. The van der Waals surface area contributed by atoms with Crippen LogP contribution in [0.4, 0.5) is 5.13 Å². The molecule has 0 aliphatic carbocycles. The summed E-state index contributed by atoms with van der Waals surface area (Å²) in [5, 5.41) is 12.4. The highest BCUT2D eigenvalue weighted by Crippen LogP contribution is 2.18. The van der Waals surface area contributed by atoms with E-state index in [2.05, 4.69) is 32.6 Å². The van der Waals surface area contributed by atoms with E-state index in [4.69, 9.17) is 0 Å². The van der Waals surface area contributed by atoms with E-state index in [1.165, 1.54) is 16.9 Å². The Morgan fingerprint density at radius 3 is 2.77 bits per heavy atom. The molecule has 7 heteroatoms. The number of nitrogens with zero attached hydrogens (tertiary/aromatic N) is 4. The Bertz CT molecular complexity index is 1050. The van der Waals surface area contributed by atoms with Crippen LogP contribution in [-0.4, -0.2) is 25.5 Å². The second kappa shape index (κ2) is 7.05. The van der Waals surface area contributed by atoms with Crippen molar-refractivity contribution in [3.8, 4) is 0 Å². The molecule has 3 aromatic heterocycles. The Kier molecular flexibility index (Phi) is 4.45. The molecule has 1 aromatic carbocycles. The minimum atomic E-state index is -0.279. The van der Waals surface area contributed by atoms with Gasteiger partial charge in [0, 0.05) is 18.8 Å². The zero-order valence-electron chi connectivity index (χ0n) is 14.2. The van der Waals surface area contributed by atoms with Gasteiger partial charge in [0.15, 0.2) is 0 Å². The van der Waals surface area contributed by atoms with Gasteiger partial charge in [-0.15, -0.1) is 10.2 Å². The minimum Gasteiger partial charge on any atom is -0.306 e. The zero-order valence-corrected chi connectivity index (χ0v) is 15.0. The lowest BCUT2D eigenvalue weighted by Crippen LogP contribution is -2.12. The van der Waals surface area contributed by atoms with Crippen LogP contribution < -0.4 is 5.32 Å². The summed E-state index contributed by atoms with van der Waals surface area (Å²) in [5.41, 5.74) is 3.41. The number of hydrogen-bond donors (Lipinski definition) is 1. The SMILES string of the molecule is Cc1cccn2cc(C(=O)Nc3nnc(CCc4ccccc4)s3)nc12. The molecule has 0 radical (unpaired) electrons. The highest BCUT2D eigenvalue weighted by Gasteiger charge is 2.14. The molecule has 3 heterocycles. The van der Waals surface area contributed by atoms with Crippen molar-refractivity contribution >= 4 is 28.0 Å². The van der Waals surface area contributed by atoms with Crippen LogP contribution in [-0.2, 0) is 12.8 Å². The molecular weight excluding hydrogens is 346 g/mol. The van der Waals surface area contributed by atoms with Crippen molar-refractivity contribution in [1.82, 2.24) is 19.6 Å². The van der Waals surface area contributed by atoms with Gasteiger partial charge in [-0.25, -0.2) is 4.98 Å². The highest BCUT2D eigenvalue weighted by atomic mass is 32.1. The van der Waals surface area contributed by atoms with Gasteiger partial charge in [-0.3, -0.25) is 10.1 Å². The van der Waals surface area contributed by atoms with E-state index in [-0.39, 0.29) is 5.91 Å². The predicted octanol–water partition coefficient (Wildman–Crippen LogP) is 3.53. The lowest BCUT2D eigenvalue weighted by molar-refractivity contribution is 0.102. The van der Waals surface area contributed by atoms with E-state index in [0.29, 0.717) is 10.8 Å². The van der Waals surface area contributed by atoms with E-state index in [1.807, 2.05) is 47.9 Å². The van der Waals surface area contributed by atoms with E-state index in [0.717, 1.165) is 29.1 Å². The molecule has 26 heavy (non-hydrogen) atoms. The topological polar surface area (TPSA) is 72.2 Å². The number of imidazole rings is 1. The summed E-state index contributed by atoms with van der Waals surface area (Å²) in [6, 6.07) is 14.1. The molecule has 1 amide bonds. The van der Waals surface area contributed by atoms with E-state index in [9.17, 15) is 4.79 Å². The third-order valence-electron chi connectivity index (χ3n) is 4.07. The van der Waals surface area contributed by atoms with Gasteiger partial charge >= 0.3 is 0 Å². The van der Waals surface area contributed by atoms with Crippen LogP contribution in [0.25, 0.3) is 5.65 Å². The number of aromatic nitrogens is 4. The van der Waals surface area contributed by atoms with Crippen molar-refractivity contribution in [3.05, 3.63) is 76.7 Å². The molecule has 0 aliphatic heterocycles. The average molecular weight is 363 g/mol. The summed E-state index contributed by atoms with van der Waals surface area (Å²) in [7, 11) is 0. The third-order valence-corrected chi connectivity index (χ3v) is 4.97. The van der Waals surface area contributed by atoms with Crippen LogP contribution in [0.1, 0.15) is 26.6 Å².